The van der Waals surface area contributed by atoms with Crippen molar-refractivity contribution in [1.29, 1.82) is 0 Å². The number of aliphatic hydroxyl groups is 1. The first-order valence-corrected chi connectivity index (χ1v) is 14.9. The molecule has 3 heterocycles. The van der Waals surface area contributed by atoms with E-state index < -0.39 is 46.2 Å². The molecule has 256 valence electrons. The zero-order valence-corrected chi connectivity index (χ0v) is 27.2. The summed E-state index contributed by atoms with van der Waals surface area (Å²) in [4.78, 5) is 24.0. The van der Waals surface area contributed by atoms with Crippen LogP contribution in [0.25, 0.3) is 11.1 Å². The molecular weight excluding hydrogens is 676 g/mol. The largest absolute Gasteiger partial charge is 0.416 e. The first-order chi connectivity index (χ1) is 21.4. The number of nitrogens with zero attached hydrogens (tertiary/aromatic N) is 4. The number of amides is 1. The van der Waals surface area contributed by atoms with Crippen molar-refractivity contribution in [1.82, 2.24) is 9.88 Å². The van der Waals surface area contributed by atoms with Crippen LogP contribution in [0.4, 0.5) is 42.2 Å². The minimum absolute atomic E-state index is 0. The Hall–Kier alpha value is -3.13. The third-order valence-corrected chi connectivity index (χ3v) is 9.21. The summed E-state index contributed by atoms with van der Waals surface area (Å²) in [5, 5.41) is 10.2. The molecule has 0 saturated carbocycles. The monoisotopic (exact) mass is 708 g/mol. The zero-order valence-electron chi connectivity index (χ0n) is 25.6. The Morgan fingerprint density at radius 1 is 0.979 bits per heavy atom. The van der Waals surface area contributed by atoms with Gasteiger partial charge in [-0.3, -0.25) is 9.69 Å². The summed E-state index contributed by atoms with van der Waals surface area (Å²) < 4.78 is 95.9. The van der Waals surface area contributed by atoms with Crippen LogP contribution in [0.3, 0.4) is 0 Å². The summed E-state index contributed by atoms with van der Waals surface area (Å²) in [6.07, 6.45) is -6.83. The van der Waals surface area contributed by atoms with E-state index in [1.165, 1.54) is 39.2 Å². The average Bonchev–Trinajstić information content (AvgIpc) is 3.46. The number of likely N-dealkylation sites (N-methyl/N-ethyl adjacent to an activating group) is 1. The maximum Gasteiger partial charge on any atom is 0.416 e. The zero-order chi connectivity index (χ0) is 33.8. The molecule has 0 unspecified atom stereocenters. The van der Waals surface area contributed by atoms with Crippen LogP contribution in [0, 0.1) is 5.82 Å². The van der Waals surface area contributed by atoms with E-state index in [9.17, 15) is 40.6 Å². The van der Waals surface area contributed by atoms with Crippen molar-refractivity contribution >= 4 is 41.4 Å². The number of halogens is 9. The molecule has 5 rings (SSSR count). The lowest BCUT2D eigenvalue weighted by molar-refractivity contribution is -0.143. The number of benzene rings is 2. The highest BCUT2D eigenvalue weighted by atomic mass is 35.5. The van der Waals surface area contributed by atoms with Crippen molar-refractivity contribution in [3.63, 3.8) is 0 Å². The highest BCUT2D eigenvalue weighted by Gasteiger charge is 2.42. The van der Waals surface area contributed by atoms with E-state index in [2.05, 4.69) is 9.88 Å². The van der Waals surface area contributed by atoms with Gasteiger partial charge in [-0.1, -0.05) is 11.6 Å². The van der Waals surface area contributed by atoms with Crippen LogP contribution < -0.4 is 9.80 Å². The lowest BCUT2D eigenvalue weighted by atomic mass is 9.81. The second-order valence-corrected chi connectivity index (χ2v) is 12.7. The van der Waals surface area contributed by atoms with E-state index in [0.29, 0.717) is 42.2 Å². The second-order valence-electron chi connectivity index (χ2n) is 12.2. The van der Waals surface area contributed by atoms with Crippen LogP contribution in [0.1, 0.15) is 43.4 Å². The van der Waals surface area contributed by atoms with Crippen LogP contribution in [0.5, 0.6) is 0 Å². The van der Waals surface area contributed by atoms with Crippen LogP contribution in [-0.4, -0.2) is 66.3 Å². The van der Waals surface area contributed by atoms with Crippen LogP contribution in [0.2, 0.25) is 5.02 Å². The SMILES string of the molecule is CN(C(=O)C(C)(C)c1cc(C(F)(F)F)cc(C(F)(F)F)c1)c1cnc(N2C[C@H]3CCCN3C[C@H]2CO)cc1-c1ccc(F)cc1Cl.Cl. The number of piperazine rings is 1. The minimum Gasteiger partial charge on any atom is -0.394 e. The fourth-order valence-electron chi connectivity index (χ4n) is 6.28. The molecule has 0 radical (unpaired) electrons. The fraction of sp³-hybridized carbons (Fsp3) is 0.438. The van der Waals surface area contributed by atoms with E-state index in [1.807, 2.05) is 4.90 Å². The number of aliphatic hydroxyl groups excluding tert-OH is 1. The first-order valence-electron chi connectivity index (χ1n) is 14.6. The Balaban J connectivity index is 0.00000500. The van der Waals surface area contributed by atoms with Crippen molar-refractivity contribution in [2.45, 2.75) is 56.5 Å². The molecule has 2 saturated heterocycles. The molecule has 47 heavy (non-hydrogen) atoms. The molecule has 2 aromatic carbocycles. The number of carbonyl (C=O) groups excluding carboxylic acids is 1. The van der Waals surface area contributed by atoms with E-state index in [0.717, 1.165) is 30.4 Å². The molecule has 1 N–H and O–H groups in total. The Morgan fingerprint density at radius 2 is 1.60 bits per heavy atom. The minimum atomic E-state index is -5.09. The molecular formula is C32H33Cl2F7N4O2. The number of hydrogen-bond acceptors (Lipinski definition) is 5. The summed E-state index contributed by atoms with van der Waals surface area (Å²) in [7, 11) is 1.33. The molecule has 0 bridgehead atoms. The lowest BCUT2D eigenvalue weighted by Crippen LogP contribution is -2.57. The van der Waals surface area contributed by atoms with Gasteiger partial charge in [-0.25, -0.2) is 9.37 Å². The molecule has 6 nitrogen and oxygen atoms in total. The van der Waals surface area contributed by atoms with Crippen molar-refractivity contribution in [3.05, 3.63) is 76.2 Å². The summed E-state index contributed by atoms with van der Waals surface area (Å²) in [6.45, 7) is 4.44. The van der Waals surface area contributed by atoms with Crippen LogP contribution >= 0.6 is 24.0 Å². The van der Waals surface area contributed by atoms with E-state index >= 15 is 0 Å². The van der Waals surface area contributed by atoms with Gasteiger partial charge in [0.05, 0.1) is 46.1 Å². The standard InChI is InChI=1S/C32H32ClF7N4O2.ClH/c1-30(2,18-9-19(31(35,36)37)11-20(10-18)32(38,39)40)29(46)42(3)27-14-41-28(13-25(27)24-7-6-21(34)12-26(24)33)44-16-22-5-4-8-43(22)15-23(44)17-45;/h6-7,9-14,22-23,45H,4-5,8,15-17H2,1-3H3;1H/t22-,23+;/m1./s1. The number of carbonyl (C=O) groups is 1. The Kier molecular flexibility index (Phi) is 10.5. The van der Waals surface area contributed by atoms with Gasteiger partial charge in [-0.15, -0.1) is 12.4 Å². The molecule has 0 aliphatic carbocycles. The quantitative estimate of drug-likeness (QED) is 0.268. The van der Waals surface area contributed by atoms with Crippen LogP contribution in [-0.2, 0) is 22.6 Å². The number of anilines is 2. The molecule has 2 aliphatic heterocycles. The number of pyridine rings is 1. The maximum atomic E-state index is 14.1. The predicted octanol–water partition coefficient (Wildman–Crippen LogP) is 7.59. The third-order valence-electron chi connectivity index (χ3n) is 8.90. The molecule has 1 amide bonds. The number of alkyl halides is 6. The Labute approximate surface area is 278 Å². The number of rotatable bonds is 6. The molecule has 1 aromatic heterocycles. The van der Waals surface area contributed by atoms with Crippen molar-refractivity contribution in [2.75, 3.05) is 43.1 Å². The molecule has 15 heteroatoms. The van der Waals surface area contributed by atoms with Gasteiger partial charge < -0.3 is 14.9 Å². The Morgan fingerprint density at radius 3 is 2.17 bits per heavy atom. The van der Waals surface area contributed by atoms with E-state index in [1.54, 1.807) is 6.07 Å². The summed E-state index contributed by atoms with van der Waals surface area (Å²) in [5.41, 5.74) is -4.65. The Bertz CT molecular complexity index is 1600. The number of fused-ring (bicyclic) bond motifs is 1. The molecule has 0 spiro atoms. The second kappa shape index (κ2) is 13.4. The van der Waals surface area contributed by atoms with Crippen LogP contribution in [0.15, 0.2) is 48.7 Å². The molecule has 2 atom stereocenters. The number of hydrogen-bond donors (Lipinski definition) is 1. The molecule has 2 aliphatic rings. The molecule has 3 aromatic rings. The predicted molar refractivity (Wildman–Crippen MR) is 168 cm³/mol. The average molecular weight is 710 g/mol. The normalized spacial score (nSPS) is 18.9. The smallest absolute Gasteiger partial charge is 0.394 e. The first kappa shape index (κ1) is 36.7. The highest BCUT2D eigenvalue weighted by molar-refractivity contribution is 6.33. The van der Waals surface area contributed by atoms with Crippen molar-refractivity contribution in [2.24, 2.45) is 0 Å². The van der Waals surface area contributed by atoms with Crippen molar-refractivity contribution < 1.29 is 40.6 Å². The summed E-state index contributed by atoms with van der Waals surface area (Å²) >= 11 is 6.46. The maximum absolute atomic E-state index is 14.1. The van der Waals surface area contributed by atoms with Crippen molar-refractivity contribution in [3.8, 4) is 11.1 Å². The van der Waals surface area contributed by atoms with Gasteiger partial charge in [-0.2, -0.15) is 26.3 Å². The van der Waals surface area contributed by atoms with Gasteiger partial charge in [0.1, 0.15) is 11.6 Å². The lowest BCUT2D eigenvalue weighted by Gasteiger charge is -2.44. The van der Waals surface area contributed by atoms with Gasteiger partial charge in [0.15, 0.2) is 0 Å². The van der Waals surface area contributed by atoms with Gasteiger partial charge in [0.25, 0.3) is 0 Å². The van der Waals surface area contributed by atoms with E-state index in [4.69, 9.17) is 11.6 Å². The van der Waals surface area contributed by atoms with Gasteiger partial charge in [0.2, 0.25) is 5.91 Å². The molecule has 2 fully saturated rings. The van der Waals surface area contributed by atoms with Gasteiger partial charge in [0, 0.05) is 37.3 Å². The third kappa shape index (κ3) is 7.33. The highest BCUT2D eigenvalue weighted by Crippen LogP contribution is 2.42. The fourth-order valence-corrected chi connectivity index (χ4v) is 6.55. The summed E-state index contributed by atoms with van der Waals surface area (Å²) in [5.74, 6) is -0.989. The van der Waals surface area contributed by atoms with Gasteiger partial charge in [-0.05, 0) is 81.3 Å². The van der Waals surface area contributed by atoms with E-state index in [-0.39, 0.29) is 47.9 Å². The summed E-state index contributed by atoms with van der Waals surface area (Å²) in [6, 6.07) is 6.36. The van der Waals surface area contributed by atoms with Gasteiger partial charge >= 0.3 is 12.4 Å². The topological polar surface area (TPSA) is 59.9 Å². The number of aromatic nitrogens is 1.